The second-order valence-corrected chi connectivity index (χ2v) is 6.41. The monoisotopic (exact) mass is 415 g/mol. The lowest BCUT2D eigenvalue weighted by atomic mass is 10.0. The van der Waals surface area contributed by atoms with Gasteiger partial charge in [0, 0.05) is 0 Å². The molecule has 0 saturated heterocycles. The summed E-state index contributed by atoms with van der Waals surface area (Å²) in [5.74, 6) is -0.609. The largest absolute Gasteiger partial charge is 0.493 e. The third-order valence-corrected chi connectivity index (χ3v) is 4.34. The highest BCUT2D eigenvalue weighted by Crippen LogP contribution is 2.38. The Kier molecular flexibility index (Phi) is 8.22. The van der Waals surface area contributed by atoms with E-state index in [1.165, 1.54) is 40.4 Å². The Morgan fingerprint density at radius 3 is 2.03 bits per heavy atom. The van der Waals surface area contributed by atoms with Gasteiger partial charge in [-0.05, 0) is 31.0 Å². The molecule has 1 N–H and O–H groups in total. The highest BCUT2D eigenvalue weighted by Gasteiger charge is 2.21. The summed E-state index contributed by atoms with van der Waals surface area (Å²) in [7, 11) is 4.30. The van der Waals surface area contributed by atoms with Gasteiger partial charge in [-0.2, -0.15) is 0 Å². The number of hydrogen-bond acceptors (Lipinski definition) is 7. The van der Waals surface area contributed by atoms with Gasteiger partial charge in [-0.25, -0.2) is 4.79 Å². The summed E-state index contributed by atoms with van der Waals surface area (Å²) in [6.45, 7) is 0.865. The molecule has 0 aliphatic heterocycles. The van der Waals surface area contributed by atoms with Crippen LogP contribution >= 0.6 is 0 Å². The maximum atomic E-state index is 12.4. The van der Waals surface area contributed by atoms with E-state index in [2.05, 4.69) is 5.32 Å². The fourth-order valence-electron chi connectivity index (χ4n) is 2.80. The van der Waals surface area contributed by atoms with Crippen LogP contribution in [0.5, 0.6) is 17.2 Å². The maximum absolute atomic E-state index is 12.4. The lowest BCUT2D eigenvalue weighted by Crippen LogP contribution is -2.43. The third-order valence-electron chi connectivity index (χ3n) is 4.34. The summed E-state index contributed by atoms with van der Waals surface area (Å²) in [6.07, 6.45) is 0.350. The molecule has 0 unspecified atom stereocenters. The normalized spacial score (nSPS) is 11.2. The first-order valence-electron chi connectivity index (χ1n) is 9.20. The lowest BCUT2D eigenvalue weighted by molar-refractivity contribution is -0.128. The molecule has 0 aliphatic rings. The van der Waals surface area contributed by atoms with Gasteiger partial charge in [-0.15, -0.1) is 0 Å². The van der Waals surface area contributed by atoms with E-state index in [0.717, 1.165) is 5.56 Å². The van der Waals surface area contributed by atoms with Crippen molar-refractivity contribution in [1.29, 1.82) is 0 Å². The number of ketones is 1. The van der Waals surface area contributed by atoms with Crippen LogP contribution in [0.15, 0.2) is 42.5 Å². The van der Waals surface area contributed by atoms with Crippen molar-refractivity contribution in [2.45, 2.75) is 19.4 Å². The van der Waals surface area contributed by atoms with Gasteiger partial charge in [0.25, 0.3) is 5.91 Å². The van der Waals surface area contributed by atoms with Crippen LogP contribution < -0.4 is 19.5 Å². The van der Waals surface area contributed by atoms with E-state index in [0.29, 0.717) is 12.2 Å². The average Bonchev–Trinajstić information content (AvgIpc) is 2.76. The topological polar surface area (TPSA) is 100 Å². The van der Waals surface area contributed by atoms with Gasteiger partial charge >= 0.3 is 5.97 Å². The molecule has 0 saturated carbocycles. The van der Waals surface area contributed by atoms with E-state index < -0.39 is 24.5 Å². The zero-order chi connectivity index (χ0) is 22.1. The summed E-state index contributed by atoms with van der Waals surface area (Å²) < 4.78 is 20.7. The summed E-state index contributed by atoms with van der Waals surface area (Å²) in [5.41, 5.74) is 1.04. The summed E-state index contributed by atoms with van der Waals surface area (Å²) in [5, 5.41) is 2.60. The average molecular weight is 415 g/mol. The van der Waals surface area contributed by atoms with Crippen molar-refractivity contribution in [3.63, 3.8) is 0 Å². The van der Waals surface area contributed by atoms with Gasteiger partial charge in [0.15, 0.2) is 23.9 Å². The number of ether oxygens (including phenoxy) is 4. The van der Waals surface area contributed by atoms with E-state index in [-0.39, 0.29) is 22.8 Å². The zero-order valence-corrected chi connectivity index (χ0v) is 17.4. The molecule has 1 amide bonds. The summed E-state index contributed by atoms with van der Waals surface area (Å²) in [4.78, 5) is 36.5. The Hall–Kier alpha value is -3.55. The molecule has 0 aromatic heterocycles. The fraction of sp³-hybridized carbons (Fsp3) is 0.318. The molecule has 0 heterocycles. The number of methoxy groups -OCH3 is 3. The molecule has 0 bridgehead atoms. The molecular formula is C22H25NO7. The second kappa shape index (κ2) is 10.8. The van der Waals surface area contributed by atoms with Gasteiger partial charge in [-0.1, -0.05) is 30.3 Å². The Balaban J connectivity index is 2.01. The first-order valence-corrected chi connectivity index (χ1v) is 9.20. The molecule has 0 aliphatic carbocycles. The predicted molar refractivity (Wildman–Crippen MR) is 109 cm³/mol. The van der Waals surface area contributed by atoms with Crippen LogP contribution in [0.1, 0.15) is 22.8 Å². The van der Waals surface area contributed by atoms with Gasteiger partial charge in [0.05, 0.1) is 32.9 Å². The highest BCUT2D eigenvalue weighted by molar-refractivity contribution is 5.93. The highest BCUT2D eigenvalue weighted by atomic mass is 16.5. The lowest BCUT2D eigenvalue weighted by Gasteiger charge is -2.16. The van der Waals surface area contributed by atoms with Crippen LogP contribution in [-0.2, 0) is 20.7 Å². The minimum atomic E-state index is -0.744. The van der Waals surface area contributed by atoms with E-state index in [4.69, 9.17) is 18.9 Å². The number of hydrogen-bond donors (Lipinski definition) is 1. The van der Waals surface area contributed by atoms with E-state index >= 15 is 0 Å². The van der Waals surface area contributed by atoms with E-state index in [1.807, 2.05) is 30.3 Å². The minimum absolute atomic E-state index is 0.129. The van der Waals surface area contributed by atoms with Crippen molar-refractivity contribution in [2.75, 3.05) is 27.9 Å². The summed E-state index contributed by atoms with van der Waals surface area (Å²) >= 11 is 0. The Labute approximate surface area is 175 Å². The Bertz CT molecular complexity index is 871. The quantitative estimate of drug-likeness (QED) is 0.594. The van der Waals surface area contributed by atoms with E-state index in [1.54, 1.807) is 0 Å². The molecule has 30 heavy (non-hydrogen) atoms. The van der Waals surface area contributed by atoms with Crippen molar-refractivity contribution >= 4 is 17.7 Å². The molecule has 0 spiro atoms. The zero-order valence-electron chi connectivity index (χ0n) is 17.4. The Morgan fingerprint density at radius 2 is 1.53 bits per heavy atom. The first kappa shape index (κ1) is 22.7. The second-order valence-electron chi connectivity index (χ2n) is 6.41. The van der Waals surface area contributed by atoms with Crippen molar-refractivity contribution in [3.8, 4) is 17.2 Å². The van der Waals surface area contributed by atoms with Crippen molar-refractivity contribution in [1.82, 2.24) is 5.32 Å². The standard InChI is InChI=1S/C22H25NO7/c1-14(24)17(10-15-8-6-5-7-9-15)23-20(25)13-30-22(26)16-11-18(27-2)21(29-4)19(12-16)28-3/h5-9,11-12,17H,10,13H2,1-4H3,(H,23,25)/t17-/m1/s1. The van der Waals surface area contributed by atoms with Gasteiger partial charge in [-0.3, -0.25) is 9.59 Å². The number of carbonyl (C=O) groups is 3. The molecule has 8 heteroatoms. The molecule has 2 aromatic rings. The van der Waals surface area contributed by atoms with E-state index in [9.17, 15) is 14.4 Å². The van der Waals surface area contributed by atoms with Crippen molar-refractivity contribution in [2.24, 2.45) is 0 Å². The summed E-state index contributed by atoms with van der Waals surface area (Å²) in [6, 6.07) is 11.5. The molecule has 1 atom stereocenters. The number of nitrogens with one attached hydrogen (secondary N) is 1. The van der Waals surface area contributed by atoms with Crippen LogP contribution in [0.25, 0.3) is 0 Å². The third kappa shape index (κ3) is 5.97. The number of esters is 1. The molecule has 0 fully saturated rings. The molecule has 2 rings (SSSR count). The van der Waals surface area contributed by atoms with Crippen LogP contribution in [0, 0.1) is 0 Å². The molecule has 2 aromatic carbocycles. The molecule has 0 radical (unpaired) electrons. The molecule has 160 valence electrons. The minimum Gasteiger partial charge on any atom is -0.493 e. The van der Waals surface area contributed by atoms with Crippen molar-refractivity contribution in [3.05, 3.63) is 53.6 Å². The Morgan fingerprint density at radius 1 is 0.933 bits per heavy atom. The first-order chi connectivity index (χ1) is 14.4. The molecular weight excluding hydrogens is 390 g/mol. The fourth-order valence-corrected chi connectivity index (χ4v) is 2.80. The number of amides is 1. The molecule has 8 nitrogen and oxygen atoms in total. The van der Waals surface area contributed by atoms with Gasteiger partial charge in [0.1, 0.15) is 0 Å². The number of carbonyl (C=O) groups excluding carboxylic acids is 3. The smallest absolute Gasteiger partial charge is 0.338 e. The van der Waals surface area contributed by atoms with Crippen LogP contribution in [0.2, 0.25) is 0 Å². The number of benzene rings is 2. The van der Waals surface area contributed by atoms with Crippen LogP contribution in [0.4, 0.5) is 0 Å². The van der Waals surface area contributed by atoms with Gasteiger partial charge < -0.3 is 24.3 Å². The maximum Gasteiger partial charge on any atom is 0.338 e. The SMILES string of the molecule is COc1cc(C(=O)OCC(=O)N[C@H](Cc2ccccc2)C(C)=O)cc(OC)c1OC. The van der Waals surface area contributed by atoms with Crippen LogP contribution in [-0.4, -0.2) is 51.6 Å². The number of rotatable bonds is 10. The van der Waals surface area contributed by atoms with Crippen LogP contribution in [0.3, 0.4) is 0 Å². The van der Waals surface area contributed by atoms with Gasteiger partial charge in [0.2, 0.25) is 5.75 Å². The van der Waals surface area contributed by atoms with Crippen molar-refractivity contribution < 1.29 is 33.3 Å². The number of Topliss-reactive ketones (excluding diaryl/α,β-unsaturated/α-hetero) is 1. The predicted octanol–water partition coefficient (Wildman–Crippen LogP) is 2.19.